The van der Waals surface area contributed by atoms with Crippen LogP contribution < -0.4 is 16.4 Å². The summed E-state index contributed by atoms with van der Waals surface area (Å²) in [5.41, 5.74) is 5.60. The molecule has 5 atom stereocenters. The Morgan fingerprint density at radius 1 is 0.829 bits per heavy atom. The lowest BCUT2D eigenvalue weighted by Crippen LogP contribution is -2.61. The fourth-order valence-electron chi connectivity index (χ4n) is 5.72. The lowest BCUT2D eigenvalue weighted by atomic mass is 9.96. The number of amides is 5. The van der Waals surface area contributed by atoms with E-state index in [2.05, 4.69) is 10.6 Å². The van der Waals surface area contributed by atoms with Gasteiger partial charge in [-0.2, -0.15) is 0 Å². The molecule has 2 aliphatic heterocycles. The van der Waals surface area contributed by atoms with Crippen LogP contribution in [-0.4, -0.2) is 100 Å². The highest BCUT2D eigenvalue weighted by molar-refractivity contribution is 5.96. The predicted octanol–water partition coefficient (Wildman–Crippen LogP) is 1.49. The minimum atomic E-state index is -0.853. The molecular formula is C30H54N6O5. The predicted molar refractivity (Wildman–Crippen MR) is 158 cm³/mol. The third kappa shape index (κ3) is 8.42. The first-order chi connectivity index (χ1) is 18.9. The van der Waals surface area contributed by atoms with Gasteiger partial charge in [-0.15, -0.1) is 0 Å². The van der Waals surface area contributed by atoms with Gasteiger partial charge in [0.1, 0.15) is 24.2 Å². The molecule has 2 aliphatic rings. The number of carbonyl (C=O) groups excluding carboxylic acids is 5. The van der Waals surface area contributed by atoms with Gasteiger partial charge in [-0.1, -0.05) is 41.5 Å². The van der Waals surface area contributed by atoms with Gasteiger partial charge in [-0.3, -0.25) is 24.0 Å². The Morgan fingerprint density at radius 3 is 1.85 bits per heavy atom. The van der Waals surface area contributed by atoms with Crippen LogP contribution in [0, 0.1) is 17.8 Å². The van der Waals surface area contributed by atoms with E-state index in [0.29, 0.717) is 32.4 Å². The van der Waals surface area contributed by atoms with Crippen molar-refractivity contribution in [3.05, 3.63) is 0 Å². The summed E-state index contributed by atoms with van der Waals surface area (Å²) in [5, 5.41) is 5.78. The van der Waals surface area contributed by atoms with E-state index in [1.165, 1.54) is 4.90 Å². The summed E-state index contributed by atoms with van der Waals surface area (Å²) in [6, 6.07) is -3.68. The molecule has 4 N–H and O–H groups in total. The SMILES string of the molecule is CC(C)[C@H](N)C(=O)N[C@H](C(=O)N(C)[C@H](C(=O)N1CCC[C@H]1C(=O)N1CCC[C@H]1C(=O)NC(C)(C)C)C(C)C)C(C)C. The molecule has 2 fully saturated rings. The molecule has 0 spiro atoms. The third-order valence-electron chi connectivity index (χ3n) is 8.06. The standard InChI is InChI=1S/C30H54N6O5/c1-17(2)22(31)26(38)32-23(18(3)4)28(40)34(10)24(19(5)6)29(41)36-16-12-14-21(36)27(39)35-15-11-13-20(35)25(37)33-30(7,8)9/h17-24H,11-16,31H2,1-10H3,(H,32,38)(H,33,37)/t20-,21-,22-,23-,24-/m0/s1. The van der Waals surface area contributed by atoms with E-state index in [1.807, 2.05) is 62.3 Å². The van der Waals surface area contributed by atoms with Crippen LogP contribution in [0.5, 0.6) is 0 Å². The maximum Gasteiger partial charge on any atom is 0.246 e. The minimum Gasteiger partial charge on any atom is -0.350 e. The van der Waals surface area contributed by atoms with E-state index >= 15 is 0 Å². The Morgan fingerprint density at radius 2 is 1.37 bits per heavy atom. The Labute approximate surface area is 246 Å². The Balaban J connectivity index is 2.25. The first-order valence-corrected chi connectivity index (χ1v) is 15.1. The molecule has 234 valence electrons. The van der Waals surface area contributed by atoms with Crippen LogP contribution in [-0.2, 0) is 24.0 Å². The maximum absolute atomic E-state index is 14.1. The van der Waals surface area contributed by atoms with Crippen LogP contribution in [0.2, 0.25) is 0 Å². The van der Waals surface area contributed by atoms with E-state index in [4.69, 9.17) is 5.73 Å². The number of likely N-dealkylation sites (tertiary alicyclic amines) is 2. The Bertz CT molecular complexity index is 975. The molecule has 0 aromatic heterocycles. The molecule has 0 aromatic rings. The number of nitrogens with zero attached hydrogens (tertiary/aromatic N) is 3. The molecule has 0 bridgehead atoms. The minimum absolute atomic E-state index is 0.0972. The van der Waals surface area contributed by atoms with Crippen LogP contribution >= 0.6 is 0 Å². The van der Waals surface area contributed by atoms with Crippen molar-refractivity contribution < 1.29 is 24.0 Å². The summed E-state index contributed by atoms with van der Waals surface area (Å²) in [4.78, 5) is 71.9. The van der Waals surface area contributed by atoms with Gasteiger partial charge in [0.15, 0.2) is 0 Å². The fourth-order valence-corrected chi connectivity index (χ4v) is 5.72. The normalized spacial score (nSPS) is 21.7. The van der Waals surface area contributed by atoms with E-state index in [-0.39, 0.29) is 41.4 Å². The Kier molecular flexibility index (Phi) is 11.8. The maximum atomic E-state index is 14.1. The lowest BCUT2D eigenvalue weighted by molar-refractivity contribution is -0.153. The zero-order valence-corrected chi connectivity index (χ0v) is 26.8. The van der Waals surface area contributed by atoms with Crippen LogP contribution in [0.4, 0.5) is 0 Å². The zero-order valence-electron chi connectivity index (χ0n) is 26.8. The second-order valence-corrected chi connectivity index (χ2v) is 13.8. The molecule has 5 amide bonds. The molecule has 2 saturated heterocycles. The van der Waals surface area contributed by atoms with Crippen molar-refractivity contribution in [1.82, 2.24) is 25.3 Å². The molecule has 11 nitrogen and oxygen atoms in total. The second-order valence-electron chi connectivity index (χ2n) is 13.8. The molecule has 0 unspecified atom stereocenters. The second kappa shape index (κ2) is 14.0. The van der Waals surface area contributed by atoms with E-state index < -0.39 is 41.7 Å². The average Bonchev–Trinajstić information content (AvgIpc) is 3.54. The number of likely N-dealkylation sites (N-methyl/N-ethyl adjacent to an activating group) is 1. The van der Waals surface area contributed by atoms with Gasteiger partial charge < -0.3 is 31.1 Å². The molecule has 0 radical (unpaired) electrons. The summed E-state index contributed by atoms with van der Waals surface area (Å²) in [7, 11) is 1.58. The summed E-state index contributed by atoms with van der Waals surface area (Å²) >= 11 is 0. The molecule has 2 rings (SSSR count). The van der Waals surface area contributed by atoms with Gasteiger partial charge in [0.2, 0.25) is 29.5 Å². The molecular weight excluding hydrogens is 524 g/mol. The van der Waals surface area contributed by atoms with E-state index in [0.717, 1.165) is 6.42 Å². The van der Waals surface area contributed by atoms with Crippen LogP contribution in [0.3, 0.4) is 0 Å². The highest BCUT2D eigenvalue weighted by atomic mass is 16.2. The van der Waals surface area contributed by atoms with E-state index in [9.17, 15) is 24.0 Å². The van der Waals surface area contributed by atoms with Crippen molar-refractivity contribution >= 4 is 29.5 Å². The molecule has 0 saturated carbocycles. The van der Waals surface area contributed by atoms with Gasteiger partial charge >= 0.3 is 0 Å². The number of hydrogen-bond donors (Lipinski definition) is 3. The molecule has 11 heteroatoms. The first kappa shape index (κ1) is 34.5. The van der Waals surface area contributed by atoms with Gasteiger partial charge in [0.05, 0.1) is 6.04 Å². The number of rotatable bonds is 10. The molecule has 41 heavy (non-hydrogen) atoms. The topological polar surface area (TPSA) is 145 Å². The quantitative estimate of drug-likeness (QED) is 0.358. The van der Waals surface area contributed by atoms with Crippen molar-refractivity contribution in [2.75, 3.05) is 20.1 Å². The summed E-state index contributed by atoms with van der Waals surface area (Å²) in [6.45, 7) is 17.7. The largest absolute Gasteiger partial charge is 0.350 e. The molecule has 0 aromatic carbocycles. The van der Waals surface area contributed by atoms with E-state index in [1.54, 1.807) is 16.8 Å². The van der Waals surface area contributed by atoms with Gasteiger partial charge in [-0.25, -0.2) is 0 Å². The summed E-state index contributed by atoms with van der Waals surface area (Å²) in [6.07, 6.45) is 2.48. The van der Waals surface area contributed by atoms with Crippen LogP contribution in [0.15, 0.2) is 0 Å². The smallest absolute Gasteiger partial charge is 0.246 e. The van der Waals surface area contributed by atoms with Gasteiger partial charge in [0.25, 0.3) is 0 Å². The number of nitrogens with two attached hydrogens (primary N) is 1. The Hall–Kier alpha value is -2.69. The van der Waals surface area contributed by atoms with Crippen LogP contribution in [0.1, 0.15) is 88.0 Å². The zero-order chi connectivity index (χ0) is 31.4. The number of nitrogens with one attached hydrogen (secondary N) is 2. The summed E-state index contributed by atoms with van der Waals surface area (Å²) in [5.74, 6) is -2.05. The molecule has 2 heterocycles. The van der Waals surface area contributed by atoms with Crippen molar-refractivity contribution in [2.24, 2.45) is 23.5 Å². The average molecular weight is 579 g/mol. The number of carbonyl (C=O) groups is 5. The lowest BCUT2D eigenvalue weighted by Gasteiger charge is -2.38. The van der Waals surface area contributed by atoms with Crippen LogP contribution in [0.25, 0.3) is 0 Å². The highest BCUT2D eigenvalue weighted by Gasteiger charge is 2.45. The van der Waals surface area contributed by atoms with Crippen molar-refractivity contribution in [1.29, 1.82) is 0 Å². The van der Waals surface area contributed by atoms with Crippen molar-refractivity contribution in [2.45, 2.75) is 124 Å². The first-order valence-electron chi connectivity index (χ1n) is 15.1. The highest BCUT2D eigenvalue weighted by Crippen LogP contribution is 2.28. The fraction of sp³-hybridized carbons (Fsp3) is 0.833. The number of hydrogen-bond acceptors (Lipinski definition) is 6. The molecule has 0 aliphatic carbocycles. The third-order valence-corrected chi connectivity index (χ3v) is 8.06. The van der Waals surface area contributed by atoms with Crippen molar-refractivity contribution in [3.63, 3.8) is 0 Å². The van der Waals surface area contributed by atoms with Gasteiger partial charge in [-0.05, 0) is 64.2 Å². The summed E-state index contributed by atoms with van der Waals surface area (Å²) < 4.78 is 0. The monoisotopic (exact) mass is 578 g/mol. The van der Waals surface area contributed by atoms with Crippen molar-refractivity contribution in [3.8, 4) is 0 Å². The van der Waals surface area contributed by atoms with Gasteiger partial charge in [0, 0.05) is 25.7 Å².